The smallest absolute Gasteiger partial charge is 0.274 e. The maximum Gasteiger partial charge on any atom is 0.274 e. The van der Waals surface area contributed by atoms with Gasteiger partial charge in [-0.3, -0.25) is 9.63 Å². The summed E-state index contributed by atoms with van der Waals surface area (Å²) in [5, 5.41) is 0. The fourth-order valence-electron chi connectivity index (χ4n) is 1.40. The SMILES string of the molecule is CCONC(=O)c1ccc(OCC2CC2)cc1. The maximum absolute atomic E-state index is 11.5. The van der Waals surface area contributed by atoms with Crippen molar-refractivity contribution in [3.05, 3.63) is 29.8 Å². The highest BCUT2D eigenvalue weighted by Gasteiger charge is 2.21. The molecule has 1 N–H and O–H groups in total. The zero-order valence-electron chi connectivity index (χ0n) is 9.94. The first-order valence-electron chi connectivity index (χ1n) is 5.94. The average Bonchev–Trinajstić information content (AvgIpc) is 3.18. The molecule has 0 spiro atoms. The van der Waals surface area contributed by atoms with Gasteiger partial charge in [-0.15, -0.1) is 0 Å². The highest BCUT2D eigenvalue weighted by Crippen LogP contribution is 2.29. The van der Waals surface area contributed by atoms with Crippen LogP contribution in [-0.4, -0.2) is 19.1 Å². The van der Waals surface area contributed by atoms with Gasteiger partial charge in [-0.05, 0) is 49.9 Å². The van der Waals surface area contributed by atoms with Crippen molar-refractivity contribution in [3.63, 3.8) is 0 Å². The predicted octanol–water partition coefficient (Wildman–Crippen LogP) is 2.16. The molecule has 2 rings (SSSR count). The molecule has 0 aromatic heterocycles. The van der Waals surface area contributed by atoms with Crippen molar-refractivity contribution in [2.45, 2.75) is 19.8 Å². The Balaban J connectivity index is 1.85. The summed E-state index contributed by atoms with van der Waals surface area (Å²) < 4.78 is 5.58. The molecule has 92 valence electrons. The van der Waals surface area contributed by atoms with Crippen LogP contribution >= 0.6 is 0 Å². The molecular formula is C13H17NO3. The summed E-state index contributed by atoms with van der Waals surface area (Å²) in [4.78, 5) is 16.4. The molecule has 4 heteroatoms. The Morgan fingerprint density at radius 2 is 2.06 bits per heavy atom. The number of carbonyl (C=O) groups is 1. The van der Waals surface area contributed by atoms with Gasteiger partial charge >= 0.3 is 0 Å². The molecule has 1 aliphatic rings. The molecule has 1 aliphatic carbocycles. The standard InChI is InChI=1S/C13H17NO3/c1-2-17-14-13(15)11-5-7-12(8-6-11)16-9-10-3-4-10/h5-8,10H,2-4,9H2,1H3,(H,14,15). The minimum atomic E-state index is -0.236. The molecule has 1 amide bonds. The first-order chi connectivity index (χ1) is 8.29. The third-order valence-electron chi connectivity index (χ3n) is 2.61. The van der Waals surface area contributed by atoms with E-state index in [-0.39, 0.29) is 5.91 Å². The lowest BCUT2D eigenvalue weighted by Gasteiger charge is -2.06. The van der Waals surface area contributed by atoms with Crippen molar-refractivity contribution < 1.29 is 14.4 Å². The van der Waals surface area contributed by atoms with E-state index in [1.807, 2.05) is 19.1 Å². The molecule has 0 atom stereocenters. The van der Waals surface area contributed by atoms with Crippen LogP contribution in [0.4, 0.5) is 0 Å². The average molecular weight is 235 g/mol. The molecule has 1 fully saturated rings. The van der Waals surface area contributed by atoms with Crippen molar-refractivity contribution in [2.75, 3.05) is 13.2 Å². The fourth-order valence-corrected chi connectivity index (χ4v) is 1.40. The quantitative estimate of drug-likeness (QED) is 0.768. The number of nitrogens with one attached hydrogen (secondary N) is 1. The van der Waals surface area contributed by atoms with Gasteiger partial charge in [0.15, 0.2) is 0 Å². The molecule has 1 aromatic rings. The Labute approximate surface area is 101 Å². The summed E-state index contributed by atoms with van der Waals surface area (Å²) in [6.45, 7) is 3.05. The van der Waals surface area contributed by atoms with Gasteiger partial charge in [0.05, 0.1) is 13.2 Å². The largest absolute Gasteiger partial charge is 0.493 e. The van der Waals surface area contributed by atoms with Crippen LogP contribution in [0.15, 0.2) is 24.3 Å². The first-order valence-corrected chi connectivity index (χ1v) is 5.94. The van der Waals surface area contributed by atoms with Crippen LogP contribution in [0.2, 0.25) is 0 Å². The van der Waals surface area contributed by atoms with E-state index in [0.717, 1.165) is 18.3 Å². The fraction of sp³-hybridized carbons (Fsp3) is 0.462. The van der Waals surface area contributed by atoms with Crippen molar-refractivity contribution in [1.29, 1.82) is 0 Å². The van der Waals surface area contributed by atoms with Gasteiger partial charge in [0.25, 0.3) is 5.91 Å². The van der Waals surface area contributed by atoms with Gasteiger partial charge in [0.1, 0.15) is 5.75 Å². The van der Waals surface area contributed by atoms with E-state index >= 15 is 0 Å². The molecule has 0 saturated heterocycles. The van der Waals surface area contributed by atoms with Gasteiger partial charge in [-0.25, -0.2) is 5.48 Å². The lowest BCUT2D eigenvalue weighted by atomic mass is 10.2. The molecule has 4 nitrogen and oxygen atoms in total. The monoisotopic (exact) mass is 235 g/mol. The number of hydroxylamine groups is 1. The van der Waals surface area contributed by atoms with Crippen molar-refractivity contribution in [2.24, 2.45) is 5.92 Å². The Bertz CT molecular complexity index is 371. The maximum atomic E-state index is 11.5. The van der Waals surface area contributed by atoms with Gasteiger partial charge in [-0.1, -0.05) is 0 Å². The van der Waals surface area contributed by atoms with Crippen molar-refractivity contribution in [3.8, 4) is 5.75 Å². The van der Waals surface area contributed by atoms with E-state index in [2.05, 4.69) is 5.48 Å². The van der Waals surface area contributed by atoms with Crippen LogP contribution < -0.4 is 10.2 Å². The second kappa shape index (κ2) is 5.68. The number of benzene rings is 1. The topological polar surface area (TPSA) is 47.6 Å². The van der Waals surface area contributed by atoms with Crippen LogP contribution in [-0.2, 0) is 4.84 Å². The Kier molecular flexibility index (Phi) is 3.98. The molecule has 17 heavy (non-hydrogen) atoms. The first kappa shape index (κ1) is 11.9. The highest BCUT2D eigenvalue weighted by atomic mass is 16.6. The second-order valence-electron chi connectivity index (χ2n) is 4.14. The van der Waals surface area contributed by atoms with Crippen molar-refractivity contribution in [1.82, 2.24) is 5.48 Å². The number of hydrogen-bond donors (Lipinski definition) is 1. The Hall–Kier alpha value is -1.55. The van der Waals surface area contributed by atoms with Crippen molar-refractivity contribution >= 4 is 5.91 Å². The van der Waals surface area contributed by atoms with Gasteiger partial charge in [-0.2, -0.15) is 0 Å². The van der Waals surface area contributed by atoms with Gasteiger partial charge in [0.2, 0.25) is 0 Å². The summed E-state index contributed by atoms with van der Waals surface area (Å²) in [6, 6.07) is 7.08. The van der Waals surface area contributed by atoms with Gasteiger partial charge in [0, 0.05) is 5.56 Å². The molecular weight excluding hydrogens is 218 g/mol. The van der Waals surface area contributed by atoms with Crippen LogP contribution in [0.5, 0.6) is 5.75 Å². The van der Waals surface area contributed by atoms with Crippen LogP contribution in [0, 0.1) is 5.92 Å². The number of amides is 1. The molecule has 0 unspecified atom stereocenters. The molecule has 1 saturated carbocycles. The highest BCUT2D eigenvalue weighted by molar-refractivity contribution is 5.93. The minimum Gasteiger partial charge on any atom is -0.493 e. The Morgan fingerprint density at radius 1 is 1.35 bits per heavy atom. The summed E-state index contributed by atoms with van der Waals surface area (Å²) in [7, 11) is 0. The van der Waals surface area contributed by atoms with E-state index in [4.69, 9.17) is 9.57 Å². The van der Waals surface area contributed by atoms with E-state index in [1.54, 1.807) is 12.1 Å². The summed E-state index contributed by atoms with van der Waals surface area (Å²) in [5.74, 6) is 1.31. The lowest BCUT2D eigenvalue weighted by molar-refractivity contribution is 0.0364. The zero-order chi connectivity index (χ0) is 12.1. The number of hydrogen-bond acceptors (Lipinski definition) is 3. The Morgan fingerprint density at radius 3 is 2.65 bits per heavy atom. The van der Waals surface area contributed by atoms with Crippen LogP contribution in [0.25, 0.3) is 0 Å². The third-order valence-corrected chi connectivity index (χ3v) is 2.61. The van der Waals surface area contributed by atoms with Crippen LogP contribution in [0.3, 0.4) is 0 Å². The normalized spacial score (nSPS) is 14.4. The van der Waals surface area contributed by atoms with E-state index < -0.39 is 0 Å². The lowest BCUT2D eigenvalue weighted by Crippen LogP contribution is -2.23. The molecule has 0 aliphatic heterocycles. The number of carbonyl (C=O) groups excluding carboxylic acids is 1. The van der Waals surface area contributed by atoms with E-state index in [0.29, 0.717) is 12.2 Å². The van der Waals surface area contributed by atoms with E-state index in [1.165, 1.54) is 12.8 Å². The summed E-state index contributed by atoms with van der Waals surface area (Å²) in [6.07, 6.45) is 2.55. The summed E-state index contributed by atoms with van der Waals surface area (Å²) >= 11 is 0. The number of ether oxygens (including phenoxy) is 1. The second-order valence-corrected chi connectivity index (χ2v) is 4.14. The van der Waals surface area contributed by atoms with E-state index in [9.17, 15) is 4.79 Å². The molecule has 0 bridgehead atoms. The van der Waals surface area contributed by atoms with Gasteiger partial charge < -0.3 is 4.74 Å². The molecule has 1 aromatic carbocycles. The number of rotatable bonds is 6. The zero-order valence-corrected chi connectivity index (χ0v) is 9.94. The predicted molar refractivity (Wildman–Crippen MR) is 63.8 cm³/mol. The molecule has 0 heterocycles. The molecule has 0 radical (unpaired) electrons. The minimum absolute atomic E-state index is 0.236. The summed E-state index contributed by atoms with van der Waals surface area (Å²) in [5.41, 5.74) is 2.92. The van der Waals surface area contributed by atoms with Crippen LogP contribution in [0.1, 0.15) is 30.1 Å². The third kappa shape index (κ3) is 3.75.